The van der Waals surface area contributed by atoms with Crippen molar-refractivity contribution in [3.05, 3.63) is 0 Å². The van der Waals surface area contributed by atoms with Gasteiger partial charge >= 0.3 is 0 Å². The summed E-state index contributed by atoms with van der Waals surface area (Å²) in [4.78, 5) is 0. The maximum atomic E-state index is 2.36. The van der Waals surface area contributed by atoms with Crippen LogP contribution in [0.15, 0.2) is 0 Å². The molecule has 0 spiro atoms. The molecule has 0 aliphatic heterocycles. The Labute approximate surface area is 168 Å². The van der Waals surface area contributed by atoms with Gasteiger partial charge in [0.2, 0.25) is 0 Å². The van der Waals surface area contributed by atoms with E-state index in [9.17, 15) is 0 Å². The molecule has 0 rings (SSSR count). The molecule has 158 valence electrons. The number of hydrogen-bond donors (Lipinski definition) is 0. The zero-order chi connectivity index (χ0) is 19.3. The molecule has 0 saturated heterocycles. The first-order valence-corrected chi connectivity index (χ1v) is 12.8. The Morgan fingerprint density at radius 1 is 0.346 bits per heavy atom. The van der Waals surface area contributed by atoms with Crippen LogP contribution in [-0.4, -0.2) is 0 Å². The van der Waals surface area contributed by atoms with E-state index in [1.807, 2.05) is 0 Å². The molecule has 0 aliphatic carbocycles. The molecule has 2 atom stereocenters. The lowest BCUT2D eigenvalue weighted by molar-refractivity contribution is 0.284. The van der Waals surface area contributed by atoms with Crippen LogP contribution in [0.4, 0.5) is 0 Å². The normalized spacial score (nSPS) is 13.8. The molecule has 0 aromatic rings. The van der Waals surface area contributed by atoms with E-state index < -0.39 is 0 Å². The molecule has 0 N–H and O–H groups in total. The number of rotatable bonds is 21. The molecule has 0 aromatic heterocycles. The maximum absolute atomic E-state index is 2.36. The standard InChI is InChI=1S/C26H54/c1-5-9-13-15-16-19-23-26(21-17-11-7-3)24-25(20-12-8-4)22-18-14-10-6-2/h25-26H,5-24H2,1-4H3. The molecule has 0 aromatic carbocycles. The van der Waals surface area contributed by atoms with Gasteiger partial charge in [-0.2, -0.15) is 0 Å². The second-order valence-electron chi connectivity index (χ2n) is 9.01. The van der Waals surface area contributed by atoms with E-state index in [4.69, 9.17) is 0 Å². The van der Waals surface area contributed by atoms with E-state index in [0.717, 1.165) is 11.8 Å². The smallest absolute Gasteiger partial charge is 0.0412 e. The molecule has 0 bridgehead atoms. The van der Waals surface area contributed by atoms with Crippen LogP contribution >= 0.6 is 0 Å². The SMILES string of the molecule is CCCCCCCCC(CCCCC)CC(CCCC)CCCCCC. The Balaban J connectivity index is 4.28. The van der Waals surface area contributed by atoms with E-state index in [-0.39, 0.29) is 0 Å². The molecular formula is C26H54. The Hall–Kier alpha value is 0. The van der Waals surface area contributed by atoms with E-state index >= 15 is 0 Å². The van der Waals surface area contributed by atoms with Crippen molar-refractivity contribution in [3.8, 4) is 0 Å². The monoisotopic (exact) mass is 366 g/mol. The summed E-state index contributed by atoms with van der Waals surface area (Å²) in [5.41, 5.74) is 0. The lowest BCUT2D eigenvalue weighted by Crippen LogP contribution is -2.10. The van der Waals surface area contributed by atoms with Crippen molar-refractivity contribution in [3.63, 3.8) is 0 Å². The largest absolute Gasteiger partial charge is 0.0654 e. The van der Waals surface area contributed by atoms with Crippen molar-refractivity contribution >= 4 is 0 Å². The third-order valence-corrected chi connectivity index (χ3v) is 6.28. The highest BCUT2D eigenvalue weighted by Crippen LogP contribution is 2.30. The average Bonchev–Trinajstić information content (AvgIpc) is 2.65. The lowest BCUT2D eigenvalue weighted by Gasteiger charge is -2.24. The Bertz CT molecular complexity index is 244. The Kier molecular flexibility index (Phi) is 21.3. The van der Waals surface area contributed by atoms with Crippen LogP contribution in [0.2, 0.25) is 0 Å². The fourth-order valence-corrected chi connectivity index (χ4v) is 4.48. The molecule has 0 radical (unpaired) electrons. The van der Waals surface area contributed by atoms with Crippen LogP contribution in [-0.2, 0) is 0 Å². The Morgan fingerprint density at radius 3 is 1.15 bits per heavy atom. The summed E-state index contributed by atoms with van der Waals surface area (Å²) in [5.74, 6) is 2.05. The van der Waals surface area contributed by atoms with Crippen LogP contribution < -0.4 is 0 Å². The quantitative estimate of drug-likeness (QED) is 0.177. The summed E-state index contributed by atoms with van der Waals surface area (Å²) in [6, 6.07) is 0. The molecule has 26 heavy (non-hydrogen) atoms. The van der Waals surface area contributed by atoms with E-state index in [0.29, 0.717) is 0 Å². The van der Waals surface area contributed by atoms with Crippen molar-refractivity contribution in [2.45, 2.75) is 156 Å². The van der Waals surface area contributed by atoms with Gasteiger partial charge in [-0.1, -0.05) is 150 Å². The molecule has 0 saturated carbocycles. The van der Waals surface area contributed by atoms with Crippen LogP contribution in [0, 0.1) is 11.8 Å². The first-order chi connectivity index (χ1) is 12.8. The minimum Gasteiger partial charge on any atom is -0.0654 e. The predicted octanol–water partition coefficient (Wildman–Crippen LogP) is 10.1. The summed E-state index contributed by atoms with van der Waals surface area (Å²) >= 11 is 0. The fraction of sp³-hybridized carbons (Fsp3) is 1.00. The summed E-state index contributed by atoms with van der Waals surface area (Å²) < 4.78 is 0. The first-order valence-electron chi connectivity index (χ1n) is 12.8. The van der Waals surface area contributed by atoms with Crippen LogP contribution in [0.1, 0.15) is 156 Å². The second kappa shape index (κ2) is 21.3. The molecule has 0 heteroatoms. The maximum Gasteiger partial charge on any atom is -0.0412 e. The fourth-order valence-electron chi connectivity index (χ4n) is 4.48. The summed E-state index contributed by atoms with van der Waals surface area (Å²) in [6.45, 7) is 9.36. The van der Waals surface area contributed by atoms with Gasteiger partial charge in [0.15, 0.2) is 0 Å². The second-order valence-corrected chi connectivity index (χ2v) is 9.01. The van der Waals surface area contributed by atoms with Gasteiger partial charge in [-0.25, -0.2) is 0 Å². The van der Waals surface area contributed by atoms with Gasteiger partial charge in [0.25, 0.3) is 0 Å². The molecule has 2 unspecified atom stereocenters. The summed E-state index contributed by atoms with van der Waals surface area (Å²) in [6.07, 6.45) is 29.2. The van der Waals surface area contributed by atoms with Crippen molar-refractivity contribution in [1.29, 1.82) is 0 Å². The van der Waals surface area contributed by atoms with Crippen molar-refractivity contribution in [2.75, 3.05) is 0 Å². The molecule has 0 aliphatic rings. The highest BCUT2D eigenvalue weighted by atomic mass is 14.2. The highest BCUT2D eigenvalue weighted by molar-refractivity contribution is 4.69. The van der Waals surface area contributed by atoms with Crippen LogP contribution in [0.25, 0.3) is 0 Å². The topological polar surface area (TPSA) is 0 Å². The van der Waals surface area contributed by atoms with Gasteiger partial charge in [0, 0.05) is 0 Å². The average molecular weight is 367 g/mol. The van der Waals surface area contributed by atoms with Crippen molar-refractivity contribution in [1.82, 2.24) is 0 Å². The van der Waals surface area contributed by atoms with Crippen molar-refractivity contribution < 1.29 is 0 Å². The van der Waals surface area contributed by atoms with Crippen molar-refractivity contribution in [2.24, 2.45) is 11.8 Å². The highest BCUT2D eigenvalue weighted by Gasteiger charge is 2.16. The molecule has 0 nitrogen and oxygen atoms in total. The van der Waals surface area contributed by atoms with E-state index in [2.05, 4.69) is 27.7 Å². The minimum absolute atomic E-state index is 1.03. The van der Waals surface area contributed by atoms with Gasteiger partial charge in [-0.3, -0.25) is 0 Å². The third-order valence-electron chi connectivity index (χ3n) is 6.28. The first kappa shape index (κ1) is 26.0. The summed E-state index contributed by atoms with van der Waals surface area (Å²) in [5, 5.41) is 0. The number of unbranched alkanes of at least 4 members (excludes halogenated alkanes) is 11. The van der Waals surface area contributed by atoms with Crippen LogP contribution in [0.3, 0.4) is 0 Å². The van der Waals surface area contributed by atoms with Gasteiger partial charge in [-0.05, 0) is 18.3 Å². The summed E-state index contributed by atoms with van der Waals surface area (Å²) in [7, 11) is 0. The lowest BCUT2D eigenvalue weighted by atomic mass is 9.82. The van der Waals surface area contributed by atoms with Gasteiger partial charge in [0.1, 0.15) is 0 Å². The predicted molar refractivity (Wildman–Crippen MR) is 122 cm³/mol. The van der Waals surface area contributed by atoms with Gasteiger partial charge < -0.3 is 0 Å². The molecule has 0 heterocycles. The third kappa shape index (κ3) is 17.4. The molecule has 0 amide bonds. The number of hydrogen-bond acceptors (Lipinski definition) is 0. The van der Waals surface area contributed by atoms with Gasteiger partial charge in [0.05, 0.1) is 0 Å². The van der Waals surface area contributed by atoms with E-state index in [1.165, 1.54) is 122 Å². The van der Waals surface area contributed by atoms with Crippen LogP contribution in [0.5, 0.6) is 0 Å². The zero-order valence-electron chi connectivity index (χ0n) is 19.3. The van der Waals surface area contributed by atoms with Gasteiger partial charge in [-0.15, -0.1) is 0 Å². The Morgan fingerprint density at radius 2 is 0.654 bits per heavy atom. The molecule has 0 fully saturated rings. The zero-order valence-corrected chi connectivity index (χ0v) is 19.3. The van der Waals surface area contributed by atoms with E-state index in [1.54, 1.807) is 6.42 Å². The molecular weight excluding hydrogens is 312 g/mol. The minimum atomic E-state index is 1.03.